The predicted molar refractivity (Wildman–Crippen MR) is 88.4 cm³/mol. The highest BCUT2D eigenvalue weighted by Crippen LogP contribution is 2.26. The van der Waals surface area contributed by atoms with Gasteiger partial charge in [0, 0.05) is 38.3 Å². The quantitative estimate of drug-likeness (QED) is 0.921. The second-order valence-electron chi connectivity index (χ2n) is 6.86. The second-order valence-corrected chi connectivity index (χ2v) is 6.86. The molecule has 3 heteroatoms. The van der Waals surface area contributed by atoms with Crippen LogP contribution in [0.1, 0.15) is 31.4 Å². The van der Waals surface area contributed by atoms with Crippen molar-refractivity contribution in [1.29, 1.82) is 0 Å². The van der Waals surface area contributed by atoms with Crippen molar-refractivity contribution in [2.75, 3.05) is 39.8 Å². The van der Waals surface area contributed by atoms with Gasteiger partial charge in [-0.2, -0.15) is 0 Å². The minimum atomic E-state index is 0.542. The number of rotatable bonds is 3. The Morgan fingerprint density at radius 1 is 1.19 bits per heavy atom. The van der Waals surface area contributed by atoms with Crippen molar-refractivity contribution in [3.8, 4) is 0 Å². The zero-order chi connectivity index (χ0) is 14.7. The third kappa shape index (κ3) is 3.65. The zero-order valence-corrected chi connectivity index (χ0v) is 13.5. The summed E-state index contributed by atoms with van der Waals surface area (Å²) < 4.78 is 0. The number of likely N-dealkylation sites (N-methyl/N-ethyl adjacent to an activating group) is 1. The van der Waals surface area contributed by atoms with E-state index in [-0.39, 0.29) is 0 Å². The zero-order valence-electron chi connectivity index (χ0n) is 13.5. The summed E-state index contributed by atoms with van der Waals surface area (Å²) in [6.45, 7) is 8.30. The van der Waals surface area contributed by atoms with Gasteiger partial charge in [0.05, 0.1) is 0 Å². The summed E-state index contributed by atoms with van der Waals surface area (Å²) in [4.78, 5) is 5.17. The Balaban J connectivity index is 1.72. The van der Waals surface area contributed by atoms with Crippen LogP contribution >= 0.6 is 0 Å². The molecule has 3 rings (SSSR count). The van der Waals surface area contributed by atoms with E-state index in [1.165, 1.54) is 44.6 Å². The van der Waals surface area contributed by atoms with Gasteiger partial charge in [-0.1, -0.05) is 37.3 Å². The SMILES string of the molecule is CC1CCCNC1CN1CCN(C)CC1c1ccccc1. The summed E-state index contributed by atoms with van der Waals surface area (Å²) in [5, 5.41) is 3.74. The summed E-state index contributed by atoms with van der Waals surface area (Å²) >= 11 is 0. The van der Waals surface area contributed by atoms with Crippen LogP contribution in [0.25, 0.3) is 0 Å². The number of benzene rings is 1. The van der Waals surface area contributed by atoms with Gasteiger partial charge in [0.15, 0.2) is 0 Å². The maximum atomic E-state index is 3.74. The smallest absolute Gasteiger partial charge is 0.0476 e. The van der Waals surface area contributed by atoms with Crippen molar-refractivity contribution in [1.82, 2.24) is 15.1 Å². The number of hydrogen-bond donors (Lipinski definition) is 1. The molecule has 3 atom stereocenters. The summed E-state index contributed by atoms with van der Waals surface area (Å²) in [6.07, 6.45) is 2.71. The van der Waals surface area contributed by atoms with Crippen LogP contribution in [0.2, 0.25) is 0 Å². The minimum absolute atomic E-state index is 0.542. The number of piperidine rings is 1. The molecule has 1 N–H and O–H groups in total. The molecule has 1 aromatic rings. The van der Waals surface area contributed by atoms with E-state index in [9.17, 15) is 0 Å². The molecule has 116 valence electrons. The molecule has 3 unspecified atom stereocenters. The fourth-order valence-corrected chi connectivity index (χ4v) is 3.78. The van der Waals surface area contributed by atoms with Gasteiger partial charge in [0.1, 0.15) is 0 Å². The van der Waals surface area contributed by atoms with Crippen LogP contribution in [0.5, 0.6) is 0 Å². The lowest BCUT2D eigenvalue weighted by Gasteiger charge is -2.43. The first kappa shape index (κ1) is 15.0. The molecule has 0 bridgehead atoms. The van der Waals surface area contributed by atoms with Crippen LogP contribution in [-0.2, 0) is 0 Å². The molecule has 0 aromatic heterocycles. The van der Waals surface area contributed by atoms with Crippen LogP contribution in [0.3, 0.4) is 0 Å². The van der Waals surface area contributed by atoms with Crippen LogP contribution in [0.4, 0.5) is 0 Å². The Labute approximate surface area is 129 Å². The van der Waals surface area contributed by atoms with Gasteiger partial charge in [0.2, 0.25) is 0 Å². The van der Waals surface area contributed by atoms with E-state index in [1.807, 2.05) is 0 Å². The molecule has 2 heterocycles. The number of hydrogen-bond acceptors (Lipinski definition) is 3. The molecule has 0 saturated carbocycles. The highest BCUT2D eigenvalue weighted by Gasteiger charge is 2.30. The van der Waals surface area contributed by atoms with E-state index in [0.29, 0.717) is 12.1 Å². The second kappa shape index (κ2) is 6.91. The molecule has 2 aliphatic rings. The van der Waals surface area contributed by atoms with Gasteiger partial charge in [-0.3, -0.25) is 4.90 Å². The lowest BCUT2D eigenvalue weighted by atomic mass is 9.91. The van der Waals surface area contributed by atoms with E-state index in [0.717, 1.165) is 12.5 Å². The Bertz CT molecular complexity index is 433. The van der Waals surface area contributed by atoms with Crippen LogP contribution in [0.15, 0.2) is 30.3 Å². The first-order valence-corrected chi connectivity index (χ1v) is 8.45. The molecule has 1 aromatic carbocycles. The average molecular weight is 287 g/mol. The van der Waals surface area contributed by atoms with Crippen molar-refractivity contribution in [2.45, 2.75) is 31.8 Å². The Morgan fingerprint density at radius 2 is 2.00 bits per heavy atom. The fourth-order valence-electron chi connectivity index (χ4n) is 3.78. The van der Waals surface area contributed by atoms with E-state index in [4.69, 9.17) is 0 Å². The van der Waals surface area contributed by atoms with E-state index >= 15 is 0 Å². The molecule has 21 heavy (non-hydrogen) atoms. The van der Waals surface area contributed by atoms with Crippen LogP contribution < -0.4 is 5.32 Å². The fraction of sp³-hybridized carbons (Fsp3) is 0.667. The van der Waals surface area contributed by atoms with Crippen molar-refractivity contribution in [3.05, 3.63) is 35.9 Å². The Kier molecular flexibility index (Phi) is 4.94. The van der Waals surface area contributed by atoms with Gasteiger partial charge in [-0.25, -0.2) is 0 Å². The molecule has 0 aliphatic carbocycles. The molecule has 0 amide bonds. The van der Waals surface area contributed by atoms with Gasteiger partial charge in [-0.15, -0.1) is 0 Å². The van der Waals surface area contributed by atoms with Crippen molar-refractivity contribution >= 4 is 0 Å². The predicted octanol–water partition coefficient (Wildman–Crippen LogP) is 2.36. The number of nitrogens with zero attached hydrogens (tertiary/aromatic N) is 2. The van der Waals surface area contributed by atoms with Gasteiger partial charge < -0.3 is 10.2 Å². The number of nitrogens with one attached hydrogen (secondary N) is 1. The summed E-state index contributed by atoms with van der Waals surface area (Å²) in [5.41, 5.74) is 1.47. The summed E-state index contributed by atoms with van der Waals surface area (Å²) in [6, 6.07) is 12.2. The molecule has 0 radical (unpaired) electrons. The lowest BCUT2D eigenvalue weighted by Crippen LogP contribution is -2.53. The highest BCUT2D eigenvalue weighted by atomic mass is 15.3. The van der Waals surface area contributed by atoms with Gasteiger partial charge >= 0.3 is 0 Å². The van der Waals surface area contributed by atoms with E-state index < -0.39 is 0 Å². The van der Waals surface area contributed by atoms with Crippen molar-refractivity contribution in [3.63, 3.8) is 0 Å². The minimum Gasteiger partial charge on any atom is -0.312 e. The normalized spacial score (nSPS) is 32.2. The van der Waals surface area contributed by atoms with E-state index in [1.54, 1.807) is 0 Å². The average Bonchev–Trinajstić information content (AvgIpc) is 2.52. The summed E-state index contributed by atoms with van der Waals surface area (Å²) in [5.74, 6) is 0.801. The maximum absolute atomic E-state index is 3.74. The molecular weight excluding hydrogens is 258 g/mol. The largest absolute Gasteiger partial charge is 0.312 e. The Hall–Kier alpha value is -0.900. The molecule has 2 saturated heterocycles. The maximum Gasteiger partial charge on any atom is 0.0476 e. The van der Waals surface area contributed by atoms with Gasteiger partial charge in [0.25, 0.3) is 0 Å². The summed E-state index contributed by atoms with van der Waals surface area (Å²) in [7, 11) is 2.24. The topological polar surface area (TPSA) is 18.5 Å². The van der Waals surface area contributed by atoms with Gasteiger partial charge in [-0.05, 0) is 37.9 Å². The van der Waals surface area contributed by atoms with Crippen molar-refractivity contribution < 1.29 is 0 Å². The molecule has 3 nitrogen and oxygen atoms in total. The Morgan fingerprint density at radius 3 is 2.76 bits per heavy atom. The molecule has 0 spiro atoms. The van der Waals surface area contributed by atoms with Crippen LogP contribution in [0, 0.1) is 5.92 Å². The first-order valence-electron chi connectivity index (χ1n) is 8.45. The molecular formula is C18H29N3. The number of piperazine rings is 1. The van der Waals surface area contributed by atoms with E-state index in [2.05, 4.69) is 59.4 Å². The monoisotopic (exact) mass is 287 g/mol. The first-order chi connectivity index (χ1) is 10.2. The third-order valence-electron chi connectivity index (χ3n) is 5.24. The van der Waals surface area contributed by atoms with Crippen LogP contribution in [-0.4, -0.2) is 55.6 Å². The lowest BCUT2D eigenvalue weighted by molar-refractivity contribution is 0.0692. The highest BCUT2D eigenvalue weighted by molar-refractivity contribution is 5.20. The molecule has 2 aliphatic heterocycles. The van der Waals surface area contributed by atoms with Crippen molar-refractivity contribution in [2.24, 2.45) is 5.92 Å². The molecule has 2 fully saturated rings. The third-order valence-corrected chi connectivity index (χ3v) is 5.24. The standard InChI is InChI=1S/C18H29N3/c1-15-7-6-10-19-17(15)13-21-12-11-20(2)14-18(21)16-8-4-3-5-9-16/h3-5,8-9,15,17-19H,6-7,10-14H2,1-2H3.